The summed E-state index contributed by atoms with van der Waals surface area (Å²) >= 11 is 8.20. The first-order chi connectivity index (χ1) is 16.2. The van der Waals surface area contributed by atoms with Crippen LogP contribution < -0.4 is 16.8 Å². The van der Waals surface area contributed by atoms with E-state index in [-0.39, 0.29) is 32.4 Å². The highest BCUT2D eigenvalue weighted by Crippen LogP contribution is 2.44. The number of rotatable bonds is 7. The number of halogens is 1. The summed E-state index contributed by atoms with van der Waals surface area (Å²) in [4.78, 5) is 52.9. The predicted octanol–water partition coefficient (Wildman–Crippen LogP) is 1.28. The van der Waals surface area contributed by atoms with Crippen molar-refractivity contribution in [2.75, 3.05) is 18.6 Å². The van der Waals surface area contributed by atoms with Gasteiger partial charge in [-0.15, -0.1) is 0 Å². The number of nitrogen functional groups attached to an aromatic ring is 2. The number of nitrogens with zero attached hydrogens (tertiary/aromatic N) is 4. The topological polar surface area (TPSA) is 186 Å². The van der Waals surface area contributed by atoms with Crippen LogP contribution in [0.5, 0.6) is 0 Å². The third-order valence-electron chi connectivity index (χ3n) is 5.14. The summed E-state index contributed by atoms with van der Waals surface area (Å²) in [6, 6.07) is 1.92. The number of allylic oxidation sites excluding steroid dienone is 1. The van der Waals surface area contributed by atoms with E-state index in [0.29, 0.717) is 22.6 Å². The molecule has 2 aliphatic rings. The third-order valence-corrected chi connectivity index (χ3v) is 7.43. The Kier molecular flexibility index (Phi) is 6.63. The second-order valence-electron chi connectivity index (χ2n) is 7.13. The van der Waals surface area contributed by atoms with Gasteiger partial charge in [-0.2, -0.15) is 0 Å². The maximum Gasteiger partial charge on any atom is 0.353 e. The van der Waals surface area contributed by atoms with Crippen molar-refractivity contribution in [2.45, 2.75) is 29.8 Å². The monoisotopic (exact) mass is 523 g/mol. The van der Waals surface area contributed by atoms with Crippen LogP contribution in [0.3, 0.4) is 0 Å². The maximum atomic E-state index is 12.9. The van der Waals surface area contributed by atoms with Crippen molar-refractivity contribution in [1.82, 2.24) is 20.2 Å². The molecule has 12 nitrogen and oxygen atoms in total. The predicted molar refractivity (Wildman–Crippen MR) is 126 cm³/mol. The second-order valence-corrected chi connectivity index (χ2v) is 9.90. The third kappa shape index (κ3) is 4.26. The lowest BCUT2D eigenvalue weighted by molar-refractivity contribution is -0.155. The number of pyridine rings is 1. The van der Waals surface area contributed by atoms with Crippen LogP contribution in [-0.4, -0.2) is 62.7 Å². The molecule has 0 radical (unpaired) electrons. The molecule has 0 aliphatic carbocycles. The lowest BCUT2D eigenvalue weighted by Gasteiger charge is -2.50. The number of carbonyl (C=O) groups is 3. The van der Waals surface area contributed by atoms with Crippen LogP contribution in [0.2, 0.25) is 4.34 Å². The number of aromatic nitrogens is 2. The molecule has 1 saturated heterocycles. The number of β-lactam (4-membered cyclic amide) rings is 1. The van der Waals surface area contributed by atoms with Crippen molar-refractivity contribution in [2.24, 2.45) is 5.16 Å². The molecule has 15 heteroatoms. The highest BCUT2D eigenvalue weighted by molar-refractivity contribution is 8.03. The molecule has 4 heterocycles. The molecule has 178 valence electrons. The molecular weight excluding hydrogens is 506 g/mol. The molecule has 0 unspecified atom stereocenters. The summed E-state index contributed by atoms with van der Waals surface area (Å²) in [5.74, 6) is -2.30. The first-order valence-electron chi connectivity index (χ1n) is 9.75. The first kappa shape index (κ1) is 23.8. The number of aliphatic carboxylic acids is 1. The molecule has 2 aliphatic heterocycles. The van der Waals surface area contributed by atoms with Gasteiger partial charge in [0, 0.05) is 11.1 Å². The van der Waals surface area contributed by atoms with Crippen molar-refractivity contribution >= 4 is 69.1 Å². The number of thioether (sulfide) groups is 1. The summed E-state index contributed by atoms with van der Waals surface area (Å²) in [6.45, 7) is 0. The van der Waals surface area contributed by atoms with Gasteiger partial charge in [-0.3, -0.25) is 14.5 Å². The summed E-state index contributed by atoms with van der Waals surface area (Å²) in [7, 11) is 1.24. The van der Waals surface area contributed by atoms with Crippen LogP contribution in [0.15, 0.2) is 39.0 Å². The van der Waals surface area contributed by atoms with Crippen molar-refractivity contribution in [3.05, 3.63) is 39.0 Å². The minimum absolute atomic E-state index is 0.0228. The SMILES string of the molecule is CON=C(C(=O)N[C@@H]1C(=O)N2C(C(=O)O)=C(Sc3cccnc3N)CC[C@H]12)c1nc(N)sc1Cl. The molecule has 0 bridgehead atoms. The van der Waals surface area contributed by atoms with Crippen LogP contribution in [0.4, 0.5) is 10.9 Å². The van der Waals surface area contributed by atoms with Gasteiger partial charge in [-0.05, 0) is 25.0 Å². The van der Waals surface area contributed by atoms with Gasteiger partial charge in [0.1, 0.15) is 34.7 Å². The van der Waals surface area contributed by atoms with E-state index >= 15 is 0 Å². The summed E-state index contributed by atoms with van der Waals surface area (Å²) in [6.07, 6.45) is 2.33. The van der Waals surface area contributed by atoms with Gasteiger partial charge in [-0.25, -0.2) is 14.8 Å². The Morgan fingerprint density at radius 3 is 2.82 bits per heavy atom. The van der Waals surface area contributed by atoms with Crippen LogP contribution >= 0.6 is 34.7 Å². The number of nitrogens with two attached hydrogens (primary N) is 2. The Labute approximate surface area is 206 Å². The van der Waals surface area contributed by atoms with Crippen molar-refractivity contribution < 1.29 is 24.3 Å². The van der Waals surface area contributed by atoms with Crippen LogP contribution in [0.1, 0.15) is 18.5 Å². The molecule has 4 rings (SSSR count). The molecule has 0 aromatic carbocycles. The first-order valence-corrected chi connectivity index (χ1v) is 11.8. The number of anilines is 2. The lowest BCUT2D eigenvalue weighted by atomic mass is 9.86. The lowest BCUT2D eigenvalue weighted by Crippen LogP contribution is -2.72. The molecule has 2 atom stereocenters. The molecule has 6 N–H and O–H groups in total. The molecule has 2 aromatic rings. The van der Waals surface area contributed by atoms with E-state index in [1.165, 1.54) is 18.2 Å². The Morgan fingerprint density at radius 2 is 2.21 bits per heavy atom. The Hall–Kier alpha value is -3.36. The Bertz CT molecular complexity index is 1250. The fourth-order valence-corrected chi connectivity index (χ4v) is 5.71. The minimum atomic E-state index is -1.25. The molecule has 2 aromatic heterocycles. The van der Waals surface area contributed by atoms with Crippen molar-refractivity contribution in [1.29, 1.82) is 0 Å². The molecular formula is C19H18ClN7O5S2. The van der Waals surface area contributed by atoms with Gasteiger partial charge < -0.3 is 26.7 Å². The average molecular weight is 524 g/mol. The van der Waals surface area contributed by atoms with E-state index in [1.54, 1.807) is 12.1 Å². The molecule has 2 amide bonds. The number of carboxylic acids is 1. The minimum Gasteiger partial charge on any atom is -0.477 e. The van der Waals surface area contributed by atoms with E-state index in [4.69, 9.17) is 27.9 Å². The number of nitrogens with one attached hydrogen (secondary N) is 1. The normalized spacial score (nSPS) is 20.0. The van der Waals surface area contributed by atoms with Crippen LogP contribution in [-0.2, 0) is 19.2 Å². The number of hydrogen-bond donors (Lipinski definition) is 4. The van der Waals surface area contributed by atoms with E-state index in [0.717, 1.165) is 23.1 Å². The number of thiazole rings is 1. The number of oxime groups is 1. The van der Waals surface area contributed by atoms with Crippen LogP contribution in [0, 0.1) is 0 Å². The Morgan fingerprint density at radius 1 is 1.44 bits per heavy atom. The van der Waals surface area contributed by atoms with E-state index in [1.807, 2.05) is 0 Å². The number of hydrogen-bond acceptors (Lipinski definition) is 11. The smallest absolute Gasteiger partial charge is 0.353 e. The maximum absolute atomic E-state index is 12.9. The number of fused-ring (bicyclic) bond motifs is 1. The van der Waals surface area contributed by atoms with Gasteiger partial charge in [0.25, 0.3) is 11.8 Å². The fourth-order valence-electron chi connectivity index (χ4n) is 3.71. The van der Waals surface area contributed by atoms with E-state index < -0.39 is 29.9 Å². The second kappa shape index (κ2) is 9.48. The molecule has 0 saturated carbocycles. The average Bonchev–Trinajstić information content (AvgIpc) is 3.13. The largest absolute Gasteiger partial charge is 0.477 e. The van der Waals surface area contributed by atoms with E-state index in [2.05, 4.69) is 20.4 Å². The number of amides is 2. The van der Waals surface area contributed by atoms with Crippen LogP contribution in [0.25, 0.3) is 0 Å². The highest BCUT2D eigenvalue weighted by Gasteiger charge is 2.54. The van der Waals surface area contributed by atoms with Gasteiger partial charge >= 0.3 is 5.97 Å². The van der Waals surface area contributed by atoms with Crippen molar-refractivity contribution in [3.8, 4) is 0 Å². The highest BCUT2D eigenvalue weighted by atomic mass is 35.5. The molecule has 1 fully saturated rings. The van der Waals surface area contributed by atoms with E-state index in [9.17, 15) is 19.5 Å². The summed E-state index contributed by atoms with van der Waals surface area (Å²) < 4.78 is 0.134. The zero-order chi connectivity index (χ0) is 24.6. The van der Waals surface area contributed by atoms with Gasteiger partial charge in [0.05, 0.1) is 10.9 Å². The zero-order valence-corrected chi connectivity index (χ0v) is 19.9. The van der Waals surface area contributed by atoms with Gasteiger partial charge in [0.2, 0.25) is 0 Å². The fraction of sp³-hybridized carbons (Fsp3) is 0.263. The summed E-state index contributed by atoms with van der Waals surface area (Å²) in [5, 5.41) is 16.2. The number of carboxylic acid groups (broad SMARTS) is 1. The Balaban J connectivity index is 1.56. The van der Waals surface area contributed by atoms with Crippen molar-refractivity contribution in [3.63, 3.8) is 0 Å². The summed E-state index contributed by atoms with van der Waals surface area (Å²) in [5.41, 5.74) is 11.2. The van der Waals surface area contributed by atoms with Gasteiger partial charge in [-0.1, -0.05) is 39.9 Å². The standard InChI is InChI=1S/C19H18ClN7O5S2/c1-32-26-12(11-14(20)34-19(22)25-11)16(28)24-10-7-4-5-8(13(18(30)31)27(7)17(10)29)33-9-3-2-6-23-15(9)21/h2-3,6-7,10H,4-5H2,1H3,(H2,21,23)(H2,22,25)(H,24,28)(H,30,31)/t7-,10+/m1/s1. The molecule has 0 spiro atoms. The zero-order valence-electron chi connectivity index (χ0n) is 17.5. The molecule has 34 heavy (non-hydrogen) atoms. The number of carbonyl (C=O) groups excluding carboxylic acids is 2. The van der Waals surface area contributed by atoms with Gasteiger partial charge in [0.15, 0.2) is 10.8 Å². The quantitative estimate of drug-likeness (QED) is 0.234.